The highest BCUT2D eigenvalue weighted by atomic mass is 32.1. The molecule has 0 aliphatic carbocycles. The predicted octanol–water partition coefficient (Wildman–Crippen LogP) is 4.00. The van der Waals surface area contributed by atoms with Gasteiger partial charge in [-0.2, -0.15) is 0 Å². The number of aromatic nitrogens is 1. The van der Waals surface area contributed by atoms with Crippen LogP contribution in [0, 0.1) is 0 Å². The number of benzene rings is 3. The lowest BCUT2D eigenvalue weighted by molar-refractivity contribution is -0.114. The van der Waals surface area contributed by atoms with Crippen LogP contribution >= 0.6 is 11.3 Å². The van der Waals surface area contributed by atoms with Crippen molar-refractivity contribution in [3.8, 4) is 17.2 Å². The quantitative estimate of drug-likeness (QED) is 0.389. The van der Waals surface area contributed by atoms with E-state index in [1.54, 1.807) is 38.0 Å². The average Bonchev–Trinajstić information content (AvgIpc) is 3.21. The molecular formula is C29H26N2O5S. The number of Topliss-reactive ketones (excluding diaryl/α,β-unsaturated/α-hetero) is 1. The maximum atomic E-state index is 14.0. The van der Waals surface area contributed by atoms with Crippen LogP contribution in [0.4, 0.5) is 0 Å². The first-order chi connectivity index (χ1) is 17.9. The molecule has 5 rings (SSSR count). The van der Waals surface area contributed by atoms with Gasteiger partial charge in [0.05, 0.1) is 31.9 Å². The lowest BCUT2D eigenvalue weighted by Gasteiger charge is -2.27. The number of thiazole rings is 1. The molecule has 188 valence electrons. The Kier molecular flexibility index (Phi) is 6.43. The summed E-state index contributed by atoms with van der Waals surface area (Å²) in [4.78, 5) is 32.2. The molecule has 0 radical (unpaired) electrons. The highest BCUT2D eigenvalue weighted by Crippen LogP contribution is 2.40. The molecule has 0 amide bonds. The van der Waals surface area contributed by atoms with Gasteiger partial charge in [-0.05, 0) is 48.9 Å². The van der Waals surface area contributed by atoms with Crippen LogP contribution in [0.25, 0.3) is 16.8 Å². The first kappa shape index (κ1) is 24.5. The third-order valence-corrected chi connectivity index (χ3v) is 7.54. The Morgan fingerprint density at radius 1 is 1.00 bits per heavy atom. The number of carbonyl (C=O) groups excluding carboxylic acids is 1. The molecule has 3 aromatic carbocycles. The van der Waals surface area contributed by atoms with Crippen LogP contribution in [0.15, 0.2) is 75.7 Å². The van der Waals surface area contributed by atoms with E-state index < -0.39 is 6.04 Å². The van der Waals surface area contributed by atoms with Crippen LogP contribution in [0.1, 0.15) is 31.0 Å². The molecule has 1 aromatic heterocycles. The highest BCUT2D eigenvalue weighted by molar-refractivity contribution is 7.07. The Balaban J connectivity index is 1.83. The molecule has 1 aliphatic rings. The molecule has 1 atom stereocenters. The number of ether oxygens (including phenoxy) is 3. The highest BCUT2D eigenvalue weighted by Gasteiger charge is 2.33. The molecule has 7 nitrogen and oxygen atoms in total. The summed E-state index contributed by atoms with van der Waals surface area (Å²) in [7, 11) is 4.75. The van der Waals surface area contributed by atoms with Crippen molar-refractivity contribution in [1.82, 2.24) is 4.57 Å². The van der Waals surface area contributed by atoms with Gasteiger partial charge in [-0.3, -0.25) is 14.2 Å². The maximum absolute atomic E-state index is 14.0. The van der Waals surface area contributed by atoms with Gasteiger partial charge in [-0.1, -0.05) is 41.7 Å². The van der Waals surface area contributed by atoms with Crippen molar-refractivity contribution in [3.63, 3.8) is 0 Å². The summed E-state index contributed by atoms with van der Waals surface area (Å²) in [5.74, 6) is 1.69. The summed E-state index contributed by atoms with van der Waals surface area (Å²) < 4.78 is 18.7. The Bertz CT molecular complexity index is 1760. The Hall–Kier alpha value is -4.17. The van der Waals surface area contributed by atoms with Crippen molar-refractivity contribution in [3.05, 3.63) is 96.7 Å². The van der Waals surface area contributed by atoms with E-state index in [0.29, 0.717) is 37.9 Å². The lowest BCUT2D eigenvalue weighted by Crippen LogP contribution is -2.39. The topological polar surface area (TPSA) is 79.1 Å². The number of fused-ring (bicyclic) bond motifs is 2. The summed E-state index contributed by atoms with van der Waals surface area (Å²) in [5.41, 5.74) is 2.30. The monoisotopic (exact) mass is 514 g/mol. The second kappa shape index (κ2) is 9.71. The van der Waals surface area contributed by atoms with Crippen LogP contribution in [-0.4, -0.2) is 31.7 Å². The van der Waals surface area contributed by atoms with Gasteiger partial charge < -0.3 is 14.2 Å². The molecule has 0 spiro atoms. The molecule has 0 saturated heterocycles. The zero-order valence-corrected chi connectivity index (χ0v) is 22.0. The molecular weight excluding hydrogens is 488 g/mol. The molecule has 1 aliphatic heterocycles. The Morgan fingerprint density at radius 2 is 1.76 bits per heavy atom. The molecule has 0 N–H and O–H groups in total. The fourth-order valence-corrected chi connectivity index (χ4v) is 5.90. The minimum absolute atomic E-state index is 0.146. The smallest absolute Gasteiger partial charge is 0.271 e. The molecule has 2 heterocycles. The van der Waals surface area contributed by atoms with Gasteiger partial charge >= 0.3 is 0 Å². The molecule has 4 aromatic rings. The fourth-order valence-electron chi connectivity index (χ4n) is 4.86. The lowest BCUT2D eigenvalue weighted by atomic mass is 9.89. The van der Waals surface area contributed by atoms with Crippen molar-refractivity contribution >= 4 is 34.0 Å². The summed E-state index contributed by atoms with van der Waals surface area (Å²) >= 11 is 1.28. The minimum atomic E-state index is -0.685. The van der Waals surface area contributed by atoms with Crippen molar-refractivity contribution < 1.29 is 19.0 Å². The zero-order chi connectivity index (χ0) is 26.3. The van der Waals surface area contributed by atoms with Crippen molar-refractivity contribution in [2.45, 2.75) is 19.9 Å². The van der Waals surface area contributed by atoms with E-state index in [1.165, 1.54) is 18.3 Å². The molecule has 0 saturated carbocycles. The van der Waals surface area contributed by atoms with Crippen LogP contribution in [0.2, 0.25) is 0 Å². The van der Waals surface area contributed by atoms with E-state index in [4.69, 9.17) is 14.2 Å². The Morgan fingerprint density at radius 3 is 2.46 bits per heavy atom. The van der Waals surface area contributed by atoms with E-state index in [0.717, 1.165) is 21.9 Å². The van der Waals surface area contributed by atoms with E-state index in [-0.39, 0.29) is 11.3 Å². The number of ketones is 1. The third kappa shape index (κ3) is 4.13. The van der Waals surface area contributed by atoms with Gasteiger partial charge in [0.1, 0.15) is 17.2 Å². The summed E-state index contributed by atoms with van der Waals surface area (Å²) in [6.07, 6.45) is 1.78. The van der Waals surface area contributed by atoms with Crippen molar-refractivity contribution in [1.29, 1.82) is 0 Å². The number of nitrogens with zero attached hydrogens (tertiary/aromatic N) is 2. The predicted molar refractivity (Wildman–Crippen MR) is 144 cm³/mol. The van der Waals surface area contributed by atoms with Crippen LogP contribution in [-0.2, 0) is 4.79 Å². The second-order valence-electron chi connectivity index (χ2n) is 8.65. The average molecular weight is 515 g/mol. The first-order valence-electron chi connectivity index (χ1n) is 11.7. The van der Waals surface area contributed by atoms with E-state index in [2.05, 4.69) is 4.99 Å². The minimum Gasteiger partial charge on any atom is -0.497 e. The molecule has 0 unspecified atom stereocenters. The Labute approximate surface area is 217 Å². The van der Waals surface area contributed by atoms with Gasteiger partial charge in [-0.25, -0.2) is 4.99 Å². The summed E-state index contributed by atoms with van der Waals surface area (Å²) in [5, 5.41) is 1.90. The summed E-state index contributed by atoms with van der Waals surface area (Å²) in [6.45, 7) is 3.32. The number of methoxy groups -OCH3 is 3. The van der Waals surface area contributed by atoms with Gasteiger partial charge in [-0.15, -0.1) is 0 Å². The SMILES string of the molecule is COc1ccc(/C=c2\sc3n(c2=O)[C@@H](c2c(OC)ccc4ccccc24)C(C(C)=O)=C(C)N=3)c(OC)c1. The van der Waals surface area contributed by atoms with E-state index in [9.17, 15) is 9.59 Å². The van der Waals surface area contributed by atoms with Gasteiger partial charge in [0.25, 0.3) is 5.56 Å². The standard InChI is InChI=1S/C29H26N2O5S/c1-16-25(17(2)32)27(26-21-9-7-6-8-18(21)11-13-22(26)35-4)31-28(33)24(37-29(31)30-16)14-19-10-12-20(34-3)15-23(19)36-5/h6-15,27H,1-5H3/b24-14-/t27-/m1/s1. The maximum Gasteiger partial charge on any atom is 0.271 e. The largest absolute Gasteiger partial charge is 0.497 e. The van der Waals surface area contributed by atoms with Gasteiger partial charge in [0.15, 0.2) is 10.6 Å². The first-order valence-corrected chi connectivity index (χ1v) is 12.5. The number of carbonyl (C=O) groups is 1. The van der Waals surface area contributed by atoms with Gasteiger partial charge in [0, 0.05) is 28.5 Å². The zero-order valence-electron chi connectivity index (χ0n) is 21.2. The van der Waals surface area contributed by atoms with Crippen LogP contribution in [0.3, 0.4) is 0 Å². The molecule has 0 fully saturated rings. The molecule has 8 heteroatoms. The van der Waals surface area contributed by atoms with Crippen LogP contribution < -0.4 is 29.1 Å². The normalized spacial score (nSPS) is 15.4. The fraction of sp³-hybridized carbons (Fsp3) is 0.207. The number of rotatable bonds is 6. The van der Waals surface area contributed by atoms with Crippen molar-refractivity contribution in [2.75, 3.05) is 21.3 Å². The van der Waals surface area contributed by atoms with Crippen molar-refractivity contribution in [2.24, 2.45) is 4.99 Å². The number of allylic oxidation sites excluding steroid dienone is 2. The molecule has 0 bridgehead atoms. The second-order valence-corrected chi connectivity index (χ2v) is 9.66. The number of hydrogen-bond donors (Lipinski definition) is 0. The molecule has 37 heavy (non-hydrogen) atoms. The third-order valence-electron chi connectivity index (χ3n) is 6.55. The van der Waals surface area contributed by atoms with Gasteiger partial charge in [0.2, 0.25) is 0 Å². The number of hydrogen-bond acceptors (Lipinski definition) is 7. The van der Waals surface area contributed by atoms with E-state index >= 15 is 0 Å². The van der Waals surface area contributed by atoms with E-state index in [1.807, 2.05) is 55.5 Å². The van der Waals surface area contributed by atoms with Crippen LogP contribution in [0.5, 0.6) is 17.2 Å². The summed E-state index contributed by atoms with van der Waals surface area (Å²) in [6, 6.07) is 16.5.